The van der Waals surface area contributed by atoms with E-state index in [2.05, 4.69) is 26.7 Å². The number of hydrogen-bond acceptors (Lipinski definition) is 5. The zero-order valence-corrected chi connectivity index (χ0v) is 18.8. The molecule has 2 fully saturated rings. The van der Waals surface area contributed by atoms with Gasteiger partial charge in [0, 0.05) is 43.5 Å². The average Bonchev–Trinajstić information content (AvgIpc) is 3.26. The molecule has 0 saturated carbocycles. The maximum atomic E-state index is 12.4. The highest BCUT2D eigenvalue weighted by Gasteiger charge is 2.28. The minimum absolute atomic E-state index is 0.00529. The van der Waals surface area contributed by atoms with E-state index in [0.29, 0.717) is 12.5 Å². The predicted molar refractivity (Wildman–Crippen MR) is 120 cm³/mol. The standard InChI is InChI=1S/C23H32N4O2S/c1-16(2)23(29)27-8-3-4-19(14-27)20-12-21(28)25-22(24-20)18-5-9-26(10-6-18)13-17-7-11-30-15-17/h7,11-12,15-16,18-19H,3-6,8-10,13-14H2,1-2H3,(H,24,25,28). The Kier molecular flexibility index (Phi) is 6.68. The highest BCUT2D eigenvalue weighted by molar-refractivity contribution is 7.07. The third-order valence-corrected chi connectivity index (χ3v) is 7.12. The quantitative estimate of drug-likeness (QED) is 0.790. The van der Waals surface area contributed by atoms with Crippen molar-refractivity contribution in [2.45, 2.75) is 57.9 Å². The number of amides is 1. The summed E-state index contributed by atoms with van der Waals surface area (Å²) < 4.78 is 0. The Morgan fingerprint density at radius 1 is 1.23 bits per heavy atom. The summed E-state index contributed by atoms with van der Waals surface area (Å²) >= 11 is 1.74. The molecule has 2 saturated heterocycles. The zero-order chi connectivity index (χ0) is 21.1. The van der Waals surface area contributed by atoms with E-state index >= 15 is 0 Å². The third kappa shape index (κ3) is 5.01. The number of piperidine rings is 2. The maximum absolute atomic E-state index is 12.4. The molecule has 1 N–H and O–H groups in total. The number of rotatable bonds is 5. The molecule has 1 unspecified atom stereocenters. The SMILES string of the molecule is CC(C)C(=O)N1CCCC(c2cc(=O)[nH]c(C3CCN(Cc4ccsc4)CC3)n2)C1. The molecular formula is C23H32N4O2S. The summed E-state index contributed by atoms with van der Waals surface area (Å²) in [6, 6.07) is 3.83. The monoisotopic (exact) mass is 428 g/mol. The molecule has 4 rings (SSSR count). The van der Waals surface area contributed by atoms with Gasteiger partial charge in [-0.05, 0) is 61.2 Å². The van der Waals surface area contributed by atoms with Crippen molar-refractivity contribution in [2.75, 3.05) is 26.2 Å². The molecule has 162 valence electrons. The number of aromatic amines is 1. The van der Waals surface area contributed by atoms with Crippen LogP contribution in [0.15, 0.2) is 27.7 Å². The molecule has 4 heterocycles. The van der Waals surface area contributed by atoms with Crippen molar-refractivity contribution >= 4 is 17.2 Å². The molecule has 2 aromatic rings. The van der Waals surface area contributed by atoms with E-state index in [-0.39, 0.29) is 23.3 Å². The van der Waals surface area contributed by atoms with E-state index < -0.39 is 0 Å². The van der Waals surface area contributed by atoms with Gasteiger partial charge >= 0.3 is 0 Å². The Bertz CT molecular complexity index is 900. The number of H-pyrrole nitrogens is 1. The van der Waals surface area contributed by atoms with Crippen molar-refractivity contribution < 1.29 is 4.79 Å². The van der Waals surface area contributed by atoms with Gasteiger partial charge < -0.3 is 9.88 Å². The van der Waals surface area contributed by atoms with Crippen LogP contribution >= 0.6 is 11.3 Å². The Morgan fingerprint density at radius 2 is 2.03 bits per heavy atom. The van der Waals surface area contributed by atoms with Crippen LogP contribution in [0.1, 0.15) is 68.4 Å². The van der Waals surface area contributed by atoms with Crippen molar-refractivity contribution in [3.63, 3.8) is 0 Å². The molecule has 7 heteroatoms. The van der Waals surface area contributed by atoms with Crippen LogP contribution in [0.25, 0.3) is 0 Å². The van der Waals surface area contributed by atoms with Gasteiger partial charge in [0.15, 0.2) is 0 Å². The van der Waals surface area contributed by atoms with Crippen molar-refractivity contribution in [1.29, 1.82) is 0 Å². The van der Waals surface area contributed by atoms with E-state index in [1.54, 1.807) is 17.4 Å². The van der Waals surface area contributed by atoms with Crippen LogP contribution in [-0.4, -0.2) is 51.9 Å². The fourth-order valence-electron chi connectivity index (χ4n) is 4.69. The minimum atomic E-state index is -0.0667. The number of aromatic nitrogens is 2. The molecule has 2 aliphatic rings. The Morgan fingerprint density at radius 3 is 2.73 bits per heavy atom. The molecule has 0 aliphatic carbocycles. The van der Waals surface area contributed by atoms with Crippen LogP contribution in [0.5, 0.6) is 0 Å². The first-order valence-corrected chi connectivity index (χ1v) is 12.1. The lowest BCUT2D eigenvalue weighted by atomic mass is 9.92. The van der Waals surface area contributed by atoms with Crippen molar-refractivity contribution in [3.8, 4) is 0 Å². The topological polar surface area (TPSA) is 69.3 Å². The van der Waals surface area contributed by atoms with Crippen LogP contribution in [-0.2, 0) is 11.3 Å². The molecule has 2 aliphatic heterocycles. The molecule has 0 spiro atoms. The molecule has 30 heavy (non-hydrogen) atoms. The minimum Gasteiger partial charge on any atom is -0.342 e. The maximum Gasteiger partial charge on any atom is 0.251 e. The third-order valence-electron chi connectivity index (χ3n) is 6.39. The van der Waals surface area contributed by atoms with Crippen molar-refractivity contribution in [3.05, 3.63) is 50.3 Å². The number of nitrogens with zero attached hydrogens (tertiary/aromatic N) is 3. The predicted octanol–water partition coefficient (Wildman–Crippen LogP) is 3.57. The molecule has 2 aromatic heterocycles. The number of thiophene rings is 1. The Balaban J connectivity index is 1.42. The lowest BCUT2D eigenvalue weighted by molar-refractivity contribution is -0.135. The molecule has 1 atom stereocenters. The summed E-state index contributed by atoms with van der Waals surface area (Å²) in [5, 5.41) is 4.34. The molecular weight excluding hydrogens is 396 g/mol. The van der Waals surface area contributed by atoms with Crippen LogP contribution in [0.3, 0.4) is 0 Å². The van der Waals surface area contributed by atoms with Gasteiger partial charge in [0.05, 0.1) is 5.69 Å². The molecule has 1 amide bonds. The summed E-state index contributed by atoms with van der Waals surface area (Å²) in [6.07, 6.45) is 3.98. The highest BCUT2D eigenvalue weighted by Crippen LogP contribution is 2.29. The van der Waals surface area contributed by atoms with E-state index in [9.17, 15) is 9.59 Å². The second-order valence-electron chi connectivity index (χ2n) is 9.02. The van der Waals surface area contributed by atoms with Gasteiger partial charge in [0.25, 0.3) is 5.56 Å². The molecule has 6 nitrogen and oxygen atoms in total. The van der Waals surface area contributed by atoms with Gasteiger partial charge in [0.2, 0.25) is 5.91 Å². The lowest BCUT2D eigenvalue weighted by Crippen LogP contribution is -2.41. The highest BCUT2D eigenvalue weighted by atomic mass is 32.1. The van der Waals surface area contributed by atoms with Gasteiger partial charge in [-0.3, -0.25) is 14.5 Å². The molecule has 0 radical (unpaired) electrons. The van der Waals surface area contributed by atoms with Gasteiger partial charge in [-0.1, -0.05) is 13.8 Å². The van der Waals surface area contributed by atoms with Crippen LogP contribution < -0.4 is 5.56 Å². The van der Waals surface area contributed by atoms with E-state index in [1.165, 1.54) is 5.56 Å². The van der Waals surface area contributed by atoms with E-state index in [0.717, 1.165) is 63.4 Å². The zero-order valence-electron chi connectivity index (χ0n) is 18.0. The first-order chi connectivity index (χ1) is 14.5. The van der Waals surface area contributed by atoms with Crippen molar-refractivity contribution in [2.24, 2.45) is 5.92 Å². The fourth-order valence-corrected chi connectivity index (χ4v) is 5.35. The van der Waals surface area contributed by atoms with Crippen LogP contribution in [0.4, 0.5) is 0 Å². The largest absolute Gasteiger partial charge is 0.342 e. The van der Waals surface area contributed by atoms with Gasteiger partial charge in [-0.25, -0.2) is 4.98 Å². The van der Waals surface area contributed by atoms with E-state index in [4.69, 9.17) is 4.98 Å². The summed E-state index contributed by atoms with van der Waals surface area (Å²) in [5.41, 5.74) is 2.17. The van der Waals surface area contributed by atoms with Crippen molar-refractivity contribution in [1.82, 2.24) is 19.8 Å². The molecule has 0 aromatic carbocycles. The number of nitrogens with one attached hydrogen (secondary N) is 1. The second-order valence-corrected chi connectivity index (χ2v) is 9.80. The second kappa shape index (κ2) is 9.43. The summed E-state index contributed by atoms with van der Waals surface area (Å²) in [4.78, 5) is 37.2. The van der Waals surface area contributed by atoms with E-state index in [1.807, 2.05) is 18.7 Å². The van der Waals surface area contributed by atoms with Gasteiger partial charge in [-0.15, -0.1) is 0 Å². The summed E-state index contributed by atoms with van der Waals surface area (Å²) in [5.74, 6) is 1.49. The van der Waals surface area contributed by atoms with Gasteiger partial charge in [-0.2, -0.15) is 11.3 Å². The molecule has 0 bridgehead atoms. The summed E-state index contributed by atoms with van der Waals surface area (Å²) in [6.45, 7) is 8.42. The average molecular weight is 429 g/mol. The van der Waals surface area contributed by atoms with Crippen LogP contribution in [0, 0.1) is 5.92 Å². The number of carbonyl (C=O) groups is 1. The van der Waals surface area contributed by atoms with Crippen LogP contribution in [0.2, 0.25) is 0 Å². The lowest BCUT2D eigenvalue weighted by Gasteiger charge is -2.34. The normalized spacial score (nSPS) is 21.3. The fraction of sp³-hybridized carbons (Fsp3) is 0.609. The first-order valence-electron chi connectivity index (χ1n) is 11.1. The summed E-state index contributed by atoms with van der Waals surface area (Å²) in [7, 11) is 0. The Hall–Kier alpha value is -1.99. The number of likely N-dealkylation sites (tertiary alicyclic amines) is 2. The number of hydrogen-bond donors (Lipinski definition) is 1. The number of carbonyl (C=O) groups excluding carboxylic acids is 1. The smallest absolute Gasteiger partial charge is 0.251 e. The van der Waals surface area contributed by atoms with Gasteiger partial charge in [0.1, 0.15) is 5.82 Å². The Labute approximate surface area is 182 Å². The first kappa shape index (κ1) is 21.2.